The molecule has 2 aromatic rings. The topological polar surface area (TPSA) is 61.2 Å². The fraction of sp³-hybridized carbons (Fsp3) is 0.429. The maximum atomic E-state index is 10.9. The Kier molecular flexibility index (Phi) is 6.79. The Morgan fingerprint density at radius 2 is 1.74 bits per heavy atom. The molecule has 2 aromatic carbocycles. The SMILES string of the molecule is Cc1cc(OCCC[NH+]2CC[NH+](Cc3ccccc3)CC2)ccc1[N+](=O)[O-]. The molecule has 2 N–H and O–H groups in total. The highest BCUT2D eigenvalue weighted by atomic mass is 16.6. The van der Waals surface area contributed by atoms with Crippen LogP contribution in [0.3, 0.4) is 0 Å². The fourth-order valence-electron chi connectivity index (χ4n) is 3.70. The Morgan fingerprint density at radius 3 is 2.41 bits per heavy atom. The second kappa shape index (κ2) is 9.48. The third-order valence-electron chi connectivity index (χ3n) is 5.27. The number of hydrogen-bond donors (Lipinski definition) is 2. The average Bonchev–Trinajstić information content (AvgIpc) is 2.67. The van der Waals surface area contributed by atoms with Crippen LogP contribution in [-0.2, 0) is 6.54 Å². The number of nitrogens with zero attached hydrogens (tertiary/aromatic N) is 1. The molecule has 0 radical (unpaired) electrons. The minimum atomic E-state index is -0.359. The van der Waals surface area contributed by atoms with Gasteiger partial charge in [-0.25, -0.2) is 0 Å². The highest BCUT2D eigenvalue weighted by molar-refractivity contribution is 5.44. The largest absolute Gasteiger partial charge is 0.493 e. The molecule has 0 saturated carbocycles. The minimum absolute atomic E-state index is 0.141. The molecule has 1 fully saturated rings. The third kappa shape index (κ3) is 5.77. The van der Waals surface area contributed by atoms with Crippen molar-refractivity contribution in [2.75, 3.05) is 39.3 Å². The summed E-state index contributed by atoms with van der Waals surface area (Å²) in [6, 6.07) is 15.7. The van der Waals surface area contributed by atoms with Gasteiger partial charge in [0.25, 0.3) is 5.69 Å². The van der Waals surface area contributed by atoms with Gasteiger partial charge in [0, 0.05) is 23.6 Å². The Morgan fingerprint density at radius 1 is 1.04 bits per heavy atom. The van der Waals surface area contributed by atoms with E-state index in [9.17, 15) is 10.1 Å². The van der Waals surface area contributed by atoms with Crippen LogP contribution in [0.15, 0.2) is 48.5 Å². The molecule has 0 amide bonds. The van der Waals surface area contributed by atoms with E-state index in [4.69, 9.17) is 4.74 Å². The highest BCUT2D eigenvalue weighted by Gasteiger charge is 2.22. The number of nitro groups is 1. The summed E-state index contributed by atoms with van der Waals surface area (Å²) in [4.78, 5) is 13.8. The zero-order valence-electron chi connectivity index (χ0n) is 15.9. The number of nitrogens with one attached hydrogen (secondary N) is 2. The number of ether oxygens (including phenoxy) is 1. The van der Waals surface area contributed by atoms with Crippen molar-refractivity contribution in [1.29, 1.82) is 0 Å². The van der Waals surface area contributed by atoms with E-state index in [1.54, 1.807) is 28.9 Å². The average molecular weight is 371 g/mol. The van der Waals surface area contributed by atoms with Crippen molar-refractivity contribution >= 4 is 5.69 Å². The molecule has 0 spiro atoms. The molecular formula is C21H29N3O3+2. The van der Waals surface area contributed by atoms with Crippen molar-refractivity contribution in [3.05, 3.63) is 69.8 Å². The predicted molar refractivity (Wildman–Crippen MR) is 104 cm³/mol. The van der Waals surface area contributed by atoms with E-state index >= 15 is 0 Å². The molecule has 0 aliphatic carbocycles. The van der Waals surface area contributed by atoms with E-state index in [-0.39, 0.29) is 10.6 Å². The molecule has 1 saturated heterocycles. The fourth-order valence-corrected chi connectivity index (χ4v) is 3.70. The van der Waals surface area contributed by atoms with Gasteiger partial charge in [0.2, 0.25) is 0 Å². The monoisotopic (exact) mass is 371 g/mol. The lowest BCUT2D eigenvalue weighted by molar-refractivity contribution is -1.02. The van der Waals surface area contributed by atoms with Gasteiger partial charge < -0.3 is 14.5 Å². The molecule has 0 aromatic heterocycles. The van der Waals surface area contributed by atoms with Gasteiger partial charge in [-0.2, -0.15) is 0 Å². The number of rotatable bonds is 8. The maximum absolute atomic E-state index is 10.9. The number of aryl methyl sites for hydroxylation is 1. The van der Waals surface area contributed by atoms with E-state index in [2.05, 4.69) is 30.3 Å². The first kappa shape index (κ1) is 19.3. The maximum Gasteiger partial charge on any atom is 0.272 e. The number of quaternary nitrogens is 2. The van der Waals surface area contributed by atoms with Crippen LogP contribution in [0.2, 0.25) is 0 Å². The van der Waals surface area contributed by atoms with Crippen molar-refractivity contribution in [3.63, 3.8) is 0 Å². The van der Waals surface area contributed by atoms with Crippen molar-refractivity contribution in [2.24, 2.45) is 0 Å². The lowest BCUT2D eigenvalue weighted by Gasteiger charge is -2.29. The molecule has 1 aliphatic rings. The number of piperazine rings is 1. The third-order valence-corrected chi connectivity index (χ3v) is 5.27. The van der Waals surface area contributed by atoms with Crippen molar-refractivity contribution in [3.8, 4) is 5.75 Å². The zero-order chi connectivity index (χ0) is 19.1. The van der Waals surface area contributed by atoms with E-state index in [1.165, 1.54) is 37.8 Å². The van der Waals surface area contributed by atoms with Crippen LogP contribution in [0, 0.1) is 17.0 Å². The summed E-state index contributed by atoms with van der Waals surface area (Å²) in [6.07, 6.45) is 0.999. The standard InChI is InChI=1S/C21H27N3O3/c1-18-16-20(8-9-21(18)24(25)26)27-15-5-10-22-11-13-23(14-12-22)17-19-6-3-2-4-7-19/h2-4,6-9,16H,5,10-15,17H2,1H3/p+2. The van der Waals surface area contributed by atoms with E-state index in [0.29, 0.717) is 17.9 Å². The van der Waals surface area contributed by atoms with Crippen LogP contribution < -0.4 is 14.5 Å². The molecular weight excluding hydrogens is 342 g/mol. The Balaban J connectivity index is 1.34. The number of nitro benzene ring substituents is 1. The smallest absolute Gasteiger partial charge is 0.272 e. The van der Waals surface area contributed by atoms with Crippen LogP contribution in [-0.4, -0.2) is 44.3 Å². The summed E-state index contributed by atoms with van der Waals surface area (Å²) in [5.41, 5.74) is 2.20. The van der Waals surface area contributed by atoms with Gasteiger partial charge >= 0.3 is 0 Å². The zero-order valence-corrected chi connectivity index (χ0v) is 15.9. The molecule has 0 unspecified atom stereocenters. The van der Waals surface area contributed by atoms with Crippen LogP contribution in [0.4, 0.5) is 5.69 Å². The van der Waals surface area contributed by atoms with E-state index in [1.807, 2.05) is 0 Å². The minimum Gasteiger partial charge on any atom is -0.493 e. The molecule has 1 heterocycles. The normalized spacial score (nSPS) is 19.6. The Labute approximate surface area is 160 Å². The van der Waals surface area contributed by atoms with Gasteiger partial charge in [0.05, 0.1) is 18.1 Å². The van der Waals surface area contributed by atoms with Gasteiger partial charge in [-0.05, 0) is 19.1 Å². The highest BCUT2D eigenvalue weighted by Crippen LogP contribution is 2.22. The molecule has 144 valence electrons. The predicted octanol–water partition coefficient (Wildman–Crippen LogP) is 0.656. The lowest BCUT2D eigenvalue weighted by atomic mass is 10.2. The Bertz CT molecular complexity index is 744. The van der Waals surface area contributed by atoms with Gasteiger partial charge in [-0.15, -0.1) is 0 Å². The summed E-state index contributed by atoms with van der Waals surface area (Å²) in [7, 11) is 0. The van der Waals surface area contributed by atoms with Crippen LogP contribution in [0.1, 0.15) is 17.5 Å². The molecule has 0 bridgehead atoms. The first-order valence-corrected chi connectivity index (χ1v) is 9.71. The molecule has 6 nitrogen and oxygen atoms in total. The van der Waals surface area contributed by atoms with Crippen molar-refractivity contribution in [2.45, 2.75) is 19.9 Å². The first-order chi connectivity index (χ1) is 13.1. The second-order valence-electron chi connectivity index (χ2n) is 7.32. The lowest BCUT2D eigenvalue weighted by Crippen LogP contribution is -3.27. The summed E-state index contributed by atoms with van der Waals surface area (Å²) in [6.45, 7) is 9.48. The van der Waals surface area contributed by atoms with Crippen LogP contribution in [0.5, 0.6) is 5.75 Å². The second-order valence-corrected chi connectivity index (χ2v) is 7.32. The summed E-state index contributed by atoms with van der Waals surface area (Å²) >= 11 is 0. The number of benzene rings is 2. The molecule has 1 aliphatic heterocycles. The van der Waals surface area contributed by atoms with Gasteiger partial charge in [-0.3, -0.25) is 10.1 Å². The van der Waals surface area contributed by atoms with Crippen molar-refractivity contribution < 1.29 is 19.5 Å². The van der Waals surface area contributed by atoms with Gasteiger partial charge in [0.15, 0.2) is 0 Å². The molecule has 3 rings (SSSR count). The Hall–Kier alpha value is -2.44. The molecule has 6 heteroatoms. The van der Waals surface area contributed by atoms with Crippen molar-refractivity contribution in [1.82, 2.24) is 0 Å². The summed E-state index contributed by atoms with van der Waals surface area (Å²) in [5.74, 6) is 0.713. The first-order valence-electron chi connectivity index (χ1n) is 9.71. The van der Waals surface area contributed by atoms with Crippen LogP contribution >= 0.6 is 0 Å². The molecule has 27 heavy (non-hydrogen) atoms. The van der Waals surface area contributed by atoms with E-state index in [0.717, 1.165) is 19.5 Å². The quantitative estimate of drug-likeness (QED) is 0.407. The summed E-state index contributed by atoms with van der Waals surface area (Å²) in [5, 5.41) is 10.9. The van der Waals surface area contributed by atoms with E-state index < -0.39 is 0 Å². The summed E-state index contributed by atoms with van der Waals surface area (Å²) < 4.78 is 5.77. The van der Waals surface area contributed by atoms with Gasteiger partial charge in [0.1, 0.15) is 38.5 Å². The number of hydrogen-bond acceptors (Lipinski definition) is 3. The van der Waals surface area contributed by atoms with Crippen LogP contribution in [0.25, 0.3) is 0 Å². The molecule has 0 atom stereocenters. The van der Waals surface area contributed by atoms with Gasteiger partial charge in [-0.1, -0.05) is 30.3 Å².